The Kier molecular flexibility index (Phi) is 3.14. The first-order valence-corrected chi connectivity index (χ1v) is 7.45. The summed E-state index contributed by atoms with van der Waals surface area (Å²) >= 11 is 1.63. The summed E-state index contributed by atoms with van der Waals surface area (Å²) in [6.07, 6.45) is 3.83. The standard InChI is InChI=1S/C15H18O2S/c16-14(15(17)8-2-1-3-9-15)12-6-4-5-11-7-10-18-13(11)12/h4-7,10,14,16-17H,1-3,8-9H2. The molecule has 2 N–H and O–H groups in total. The number of hydrogen-bond donors (Lipinski definition) is 2. The number of rotatable bonds is 2. The maximum atomic E-state index is 10.6. The van der Waals surface area contributed by atoms with Crippen molar-refractivity contribution in [1.82, 2.24) is 0 Å². The van der Waals surface area contributed by atoms with Crippen LogP contribution in [0.5, 0.6) is 0 Å². The minimum atomic E-state index is -0.934. The van der Waals surface area contributed by atoms with Gasteiger partial charge in [0.25, 0.3) is 0 Å². The fourth-order valence-electron chi connectivity index (χ4n) is 2.96. The van der Waals surface area contributed by atoms with E-state index in [1.165, 1.54) is 0 Å². The van der Waals surface area contributed by atoms with Crippen molar-refractivity contribution < 1.29 is 10.2 Å². The minimum Gasteiger partial charge on any atom is -0.387 e. The van der Waals surface area contributed by atoms with Crippen molar-refractivity contribution in [3.8, 4) is 0 Å². The number of aliphatic hydroxyl groups is 2. The van der Waals surface area contributed by atoms with Crippen molar-refractivity contribution in [2.24, 2.45) is 0 Å². The molecule has 0 aliphatic heterocycles. The van der Waals surface area contributed by atoms with Gasteiger partial charge >= 0.3 is 0 Å². The molecule has 1 fully saturated rings. The van der Waals surface area contributed by atoms with Gasteiger partial charge in [-0.15, -0.1) is 11.3 Å². The molecule has 1 aromatic carbocycles. The maximum absolute atomic E-state index is 10.6. The van der Waals surface area contributed by atoms with Crippen LogP contribution in [0.3, 0.4) is 0 Å². The Morgan fingerprint density at radius 2 is 1.89 bits per heavy atom. The van der Waals surface area contributed by atoms with Gasteiger partial charge in [0.2, 0.25) is 0 Å². The van der Waals surface area contributed by atoms with E-state index < -0.39 is 11.7 Å². The lowest BCUT2D eigenvalue weighted by Gasteiger charge is -2.36. The number of fused-ring (bicyclic) bond motifs is 1. The molecule has 0 spiro atoms. The Balaban J connectivity index is 2.00. The van der Waals surface area contributed by atoms with E-state index in [2.05, 4.69) is 6.07 Å². The van der Waals surface area contributed by atoms with Crippen LogP contribution in [0.15, 0.2) is 29.6 Å². The molecule has 3 heteroatoms. The third kappa shape index (κ3) is 1.96. The van der Waals surface area contributed by atoms with Crippen LogP contribution in [0.2, 0.25) is 0 Å². The topological polar surface area (TPSA) is 40.5 Å². The number of hydrogen-bond acceptors (Lipinski definition) is 3. The predicted octanol–water partition coefficient (Wildman–Crippen LogP) is 3.63. The molecule has 1 atom stereocenters. The molecule has 2 nitrogen and oxygen atoms in total. The van der Waals surface area contributed by atoms with Crippen molar-refractivity contribution in [2.45, 2.75) is 43.8 Å². The summed E-state index contributed by atoms with van der Waals surface area (Å²) in [6, 6.07) is 8.00. The molecule has 2 aromatic rings. The van der Waals surface area contributed by atoms with Gasteiger partial charge in [0.15, 0.2) is 0 Å². The highest BCUT2D eigenvalue weighted by atomic mass is 32.1. The molecule has 1 unspecified atom stereocenters. The van der Waals surface area contributed by atoms with E-state index in [1.807, 2.05) is 23.6 Å². The zero-order valence-electron chi connectivity index (χ0n) is 10.3. The molecule has 0 saturated heterocycles. The van der Waals surface area contributed by atoms with Crippen molar-refractivity contribution in [2.75, 3.05) is 0 Å². The first kappa shape index (κ1) is 12.2. The summed E-state index contributed by atoms with van der Waals surface area (Å²) in [5.74, 6) is 0. The van der Waals surface area contributed by atoms with Gasteiger partial charge in [0, 0.05) is 10.3 Å². The summed E-state index contributed by atoms with van der Waals surface area (Å²) in [7, 11) is 0. The van der Waals surface area contributed by atoms with E-state index >= 15 is 0 Å². The molecule has 1 aliphatic carbocycles. The molecule has 1 aliphatic rings. The van der Waals surface area contributed by atoms with Gasteiger partial charge in [-0.25, -0.2) is 0 Å². The van der Waals surface area contributed by atoms with Crippen molar-refractivity contribution >= 4 is 21.4 Å². The van der Waals surface area contributed by atoms with Crippen LogP contribution in [0.4, 0.5) is 0 Å². The second kappa shape index (κ2) is 4.65. The largest absolute Gasteiger partial charge is 0.387 e. The monoisotopic (exact) mass is 262 g/mol. The van der Waals surface area contributed by atoms with Gasteiger partial charge in [-0.2, -0.15) is 0 Å². The van der Waals surface area contributed by atoms with Crippen LogP contribution < -0.4 is 0 Å². The van der Waals surface area contributed by atoms with Gasteiger partial charge in [-0.1, -0.05) is 37.5 Å². The zero-order chi connectivity index (χ0) is 12.6. The molecule has 0 bridgehead atoms. The first-order valence-electron chi connectivity index (χ1n) is 6.57. The lowest BCUT2D eigenvalue weighted by molar-refractivity contribution is -0.0985. The average Bonchev–Trinajstić information content (AvgIpc) is 2.87. The molecule has 96 valence electrons. The summed E-state index contributed by atoms with van der Waals surface area (Å²) in [5, 5.41) is 24.4. The highest BCUT2D eigenvalue weighted by molar-refractivity contribution is 7.17. The van der Waals surface area contributed by atoms with Crippen LogP contribution in [0.1, 0.15) is 43.8 Å². The highest BCUT2D eigenvalue weighted by Gasteiger charge is 2.38. The number of thiophene rings is 1. The molecular formula is C15H18O2S. The fourth-order valence-corrected chi connectivity index (χ4v) is 3.90. The Labute approximate surface area is 111 Å². The van der Waals surface area contributed by atoms with E-state index in [0.717, 1.165) is 34.9 Å². The lowest BCUT2D eigenvalue weighted by atomic mass is 9.78. The van der Waals surface area contributed by atoms with E-state index in [9.17, 15) is 10.2 Å². The molecular weight excluding hydrogens is 244 g/mol. The van der Waals surface area contributed by atoms with E-state index in [0.29, 0.717) is 12.8 Å². The molecule has 1 heterocycles. The molecule has 0 amide bonds. The predicted molar refractivity (Wildman–Crippen MR) is 74.8 cm³/mol. The SMILES string of the molecule is OC(c1cccc2ccsc12)C1(O)CCCCC1. The lowest BCUT2D eigenvalue weighted by Crippen LogP contribution is -2.38. The Morgan fingerprint density at radius 3 is 2.67 bits per heavy atom. The summed E-state index contributed by atoms with van der Waals surface area (Å²) in [5.41, 5.74) is -0.0526. The van der Waals surface area contributed by atoms with Crippen LogP contribution in [0, 0.1) is 0 Å². The van der Waals surface area contributed by atoms with E-state index in [1.54, 1.807) is 11.3 Å². The zero-order valence-corrected chi connectivity index (χ0v) is 11.1. The molecule has 1 aromatic heterocycles. The van der Waals surface area contributed by atoms with Gasteiger partial charge in [0.1, 0.15) is 6.10 Å². The Hall–Kier alpha value is -0.900. The minimum absolute atomic E-state index is 0.704. The third-order valence-corrected chi connectivity index (χ3v) is 5.01. The smallest absolute Gasteiger partial charge is 0.109 e. The van der Waals surface area contributed by atoms with Crippen molar-refractivity contribution in [1.29, 1.82) is 0 Å². The average molecular weight is 262 g/mol. The number of benzene rings is 1. The first-order chi connectivity index (χ1) is 8.71. The van der Waals surface area contributed by atoms with Crippen LogP contribution >= 0.6 is 11.3 Å². The molecule has 3 rings (SSSR count). The van der Waals surface area contributed by atoms with Gasteiger partial charge < -0.3 is 10.2 Å². The van der Waals surface area contributed by atoms with Crippen LogP contribution in [-0.2, 0) is 0 Å². The summed E-state index contributed by atoms with van der Waals surface area (Å²) < 4.78 is 1.10. The van der Waals surface area contributed by atoms with E-state index in [4.69, 9.17) is 0 Å². The summed E-state index contributed by atoms with van der Waals surface area (Å²) in [6.45, 7) is 0. The third-order valence-electron chi connectivity index (χ3n) is 4.03. The van der Waals surface area contributed by atoms with Crippen LogP contribution in [0.25, 0.3) is 10.1 Å². The van der Waals surface area contributed by atoms with Crippen LogP contribution in [-0.4, -0.2) is 15.8 Å². The van der Waals surface area contributed by atoms with E-state index in [-0.39, 0.29) is 0 Å². The molecule has 18 heavy (non-hydrogen) atoms. The summed E-state index contributed by atoms with van der Waals surface area (Å²) in [4.78, 5) is 0. The van der Waals surface area contributed by atoms with Crippen molar-refractivity contribution in [3.05, 3.63) is 35.2 Å². The molecule has 1 saturated carbocycles. The van der Waals surface area contributed by atoms with Crippen molar-refractivity contribution in [3.63, 3.8) is 0 Å². The Bertz CT molecular complexity index is 540. The second-order valence-corrected chi connectivity index (χ2v) is 6.17. The Morgan fingerprint density at radius 1 is 1.11 bits per heavy atom. The second-order valence-electron chi connectivity index (χ2n) is 5.25. The van der Waals surface area contributed by atoms with Gasteiger partial charge in [0.05, 0.1) is 5.60 Å². The fraction of sp³-hybridized carbons (Fsp3) is 0.467. The normalized spacial score (nSPS) is 21.0. The van der Waals surface area contributed by atoms with Gasteiger partial charge in [-0.3, -0.25) is 0 Å². The van der Waals surface area contributed by atoms with Gasteiger partial charge in [-0.05, 0) is 29.7 Å². The molecule has 0 radical (unpaired) electrons. The maximum Gasteiger partial charge on any atom is 0.109 e. The quantitative estimate of drug-likeness (QED) is 0.867. The highest BCUT2D eigenvalue weighted by Crippen LogP contribution is 2.41. The number of aliphatic hydroxyl groups excluding tert-OH is 1.